The van der Waals surface area contributed by atoms with Crippen molar-refractivity contribution >= 4 is 17.2 Å². The van der Waals surface area contributed by atoms with Crippen LogP contribution in [0.25, 0.3) is 0 Å². The molecule has 1 N–H and O–H groups in total. The molecule has 2 heterocycles. The Morgan fingerprint density at radius 2 is 2.53 bits per heavy atom. The molecule has 3 nitrogen and oxygen atoms in total. The second-order valence-electron chi connectivity index (χ2n) is 3.71. The molecule has 0 saturated carbocycles. The molecule has 0 fully saturated rings. The van der Waals surface area contributed by atoms with Crippen molar-refractivity contribution in [2.45, 2.75) is 19.9 Å². The Hall–Kier alpha value is -0.870. The quantitative estimate of drug-likeness (QED) is 0.838. The van der Waals surface area contributed by atoms with Crippen LogP contribution in [0.1, 0.15) is 17.4 Å². The minimum absolute atomic E-state index is 0.216. The maximum atomic E-state index is 11.8. The molecule has 82 valence electrons. The molecule has 1 aromatic rings. The average molecular weight is 224 g/mol. The van der Waals surface area contributed by atoms with Gasteiger partial charge in [-0.15, -0.1) is 11.3 Å². The first-order valence-corrected chi connectivity index (χ1v) is 6.23. The van der Waals surface area contributed by atoms with Crippen molar-refractivity contribution in [3.8, 4) is 0 Å². The number of nitrogens with zero attached hydrogens (tertiary/aromatic N) is 1. The third-order valence-corrected chi connectivity index (χ3v) is 3.71. The van der Waals surface area contributed by atoms with E-state index in [0.717, 1.165) is 26.1 Å². The smallest absolute Gasteiger partial charge is 0.236 e. The number of hydrogen-bond donors (Lipinski definition) is 1. The van der Waals surface area contributed by atoms with Crippen LogP contribution in [0, 0.1) is 0 Å². The van der Waals surface area contributed by atoms with Crippen molar-refractivity contribution in [2.24, 2.45) is 0 Å². The summed E-state index contributed by atoms with van der Waals surface area (Å²) in [6, 6.07) is 2.13. The number of rotatable bonds is 3. The topological polar surface area (TPSA) is 32.3 Å². The lowest BCUT2D eigenvalue weighted by molar-refractivity contribution is -0.131. The number of thiophene rings is 1. The van der Waals surface area contributed by atoms with Gasteiger partial charge in [0.2, 0.25) is 5.91 Å². The summed E-state index contributed by atoms with van der Waals surface area (Å²) in [5.41, 5.74) is 1.33. The van der Waals surface area contributed by atoms with Crippen LogP contribution in [-0.2, 0) is 17.8 Å². The van der Waals surface area contributed by atoms with Crippen molar-refractivity contribution in [1.82, 2.24) is 10.2 Å². The fourth-order valence-electron chi connectivity index (χ4n) is 1.81. The lowest BCUT2D eigenvalue weighted by Gasteiger charge is -2.27. The van der Waals surface area contributed by atoms with Gasteiger partial charge in [0.25, 0.3) is 0 Å². The Morgan fingerprint density at radius 3 is 3.33 bits per heavy atom. The standard InChI is InChI=1S/C11H16N2OS/c1-2-12-7-11(14)13-5-3-10-9(8-13)4-6-15-10/h4,6,12H,2-3,5,7-8H2,1H3. The molecule has 4 heteroatoms. The number of nitrogens with one attached hydrogen (secondary N) is 1. The summed E-state index contributed by atoms with van der Waals surface area (Å²) in [5, 5.41) is 5.19. The zero-order valence-electron chi connectivity index (χ0n) is 8.95. The first-order chi connectivity index (χ1) is 7.31. The molecule has 0 aliphatic carbocycles. The van der Waals surface area contributed by atoms with Crippen LogP contribution in [-0.4, -0.2) is 30.4 Å². The molecule has 0 spiro atoms. The zero-order valence-corrected chi connectivity index (χ0v) is 9.77. The molecule has 1 amide bonds. The predicted molar refractivity (Wildman–Crippen MR) is 62.0 cm³/mol. The molecule has 0 unspecified atom stereocenters. The molecule has 0 radical (unpaired) electrons. The first kappa shape index (κ1) is 10.6. The van der Waals surface area contributed by atoms with Gasteiger partial charge in [-0.2, -0.15) is 0 Å². The van der Waals surface area contributed by atoms with E-state index >= 15 is 0 Å². The van der Waals surface area contributed by atoms with Gasteiger partial charge in [0, 0.05) is 18.0 Å². The van der Waals surface area contributed by atoms with E-state index in [1.165, 1.54) is 10.4 Å². The Kier molecular flexibility index (Phi) is 3.38. The molecule has 0 aromatic carbocycles. The predicted octanol–water partition coefficient (Wildman–Crippen LogP) is 1.24. The molecular formula is C11H16N2OS. The fourth-order valence-corrected chi connectivity index (χ4v) is 2.69. The van der Waals surface area contributed by atoms with Gasteiger partial charge in [0.1, 0.15) is 0 Å². The monoisotopic (exact) mass is 224 g/mol. The van der Waals surface area contributed by atoms with Crippen molar-refractivity contribution in [3.63, 3.8) is 0 Å². The van der Waals surface area contributed by atoms with Crippen molar-refractivity contribution < 1.29 is 4.79 Å². The van der Waals surface area contributed by atoms with Gasteiger partial charge < -0.3 is 10.2 Å². The second-order valence-corrected chi connectivity index (χ2v) is 4.72. The van der Waals surface area contributed by atoms with Gasteiger partial charge in [-0.25, -0.2) is 0 Å². The highest BCUT2D eigenvalue weighted by Gasteiger charge is 2.20. The van der Waals surface area contributed by atoms with E-state index in [1.54, 1.807) is 11.3 Å². The van der Waals surface area contributed by atoms with E-state index in [1.807, 2.05) is 11.8 Å². The highest BCUT2D eigenvalue weighted by atomic mass is 32.1. The highest BCUT2D eigenvalue weighted by molar-refractivity contribution is 7.10. The van der Waals surface area contributed by atoms with Crippen LogP contribution in [0.2, 0.25) is 0 Å². The van der Waals surface area contributed by atoms with Crippen molar-refractivity contribution in [3.05, 3.63) is 21.9 Å². The van der Waals surface area contributed by atoms with E-state index in [2.05, 4.69) is 16.8 Å². The normalized spacial score (nSPS) is 15.1. The fraction of sp³-hybridized carbons (Fsp3) is 0.545. The molecule has 2 rings (SSSR count). The second kappa shape index (κ2) is 4.77. The Balaban J connectivity index is 1.94. The summed E-state index contributed by atoms with van der Waals surface area (Å²) in [7, 11) is 0. The minimum Gasteiger partial charge on any atom is -0.337 e. The molecule has 15 heavy (non-hydrogen) atoms. The third-order valence-electron chi connectivity index (χ3n) is 2.69. The van der Waals surface area contributed by atoms with Gasteiger partial charge in [0.05, 0.1) is 6.54 Å². The number of fused-ring (bicyclic) bond motifs is 1. The van der Waals surface area contributed by atoms with Crippen molar-refractivity contribution in [1.29, 1.82) is 0 Å². The summed E-state index contributed by atoms with van der Waals surface area (Å²) >= 11 is 1.80. The summed E-state index contributed by atoms with van der Waals surface area (Å²) in [5.74, 6) is 0.216. The highest BCUT2D eigenvalue weighted by Crippen LogP contribution is 2.23. The van der Waals surface area contributed by atoms with Gasteiger partial charge >= 0.3 is 0 Å². The van der Waals surface area contributed by atoms with E-state index in [-0.39, 0.29) is 5.91 Å². The third kappa shape index (κ3) is 2.38. The van der Waals surface area contributed by atoms with Crippen molar-refractivity contribution in [2.75, 3.05) is 19.6 Å². The van der Waals surface area contributed by atoms with Crippen LogP contribution in [0.5, 0.6) is 0 Å². The molecule has 0 atom stereocenters. The molecular weight excluding hydrogens is 208 g/mol. The van der Waals surface area contributed by atoms with Gasteiger partial charge in [0.15, 0.2) is 0 Å². The number of carbonyl (C=O) groups is 1. The van der Waals surface area contributed by atoms with E-state index in [9.17, 15) is 4.79 Å². The summed E-state index contributed by atoms with van der Waals surface area (Å²) in [6.07, 6.45) is 1.02. The number of carbonyl (C=O) groups excluding carboxylic acids is 1. The van der Waals surface area contributed by atoms with Crippen LogP contribution in [0.15, 0.2) is 11.4 Å². The summed E-state index contributed by atoms with van der Waals surface area (Å²) < 4.78 is 0. The summed E-state index contributed by atoms with van der Waals surface area (Å²) in [6.45, 7) is 5.00. The van der Waals surface area contributed by atoms with E-state index in [4.69, 9.17) is 0 Å². The largest absolute Gasteiger partial charge is 0.337 e. The maximum absolute atomic E-state index is 11.8. The van der Waals surface area contributed by atoms with Crippen LogP contribution in [0.4, 0.5) is 0 Å². The van der Waals surface area contributed by atoms with Crippen LogP contribution >= 0.6 is 11.3 Å². The molecule has 1 aliphatic rings. The number of amides is 1. The molecule has 0 bridgehead atoms. The molecule has 1 aliphatic heterocycles. The Labute approximate surface area is 94.1 Å². The lowest BCUT2D eigenvalue weighted by Crippen LogP contribution is -2.40. The van der Waals surface area contributed by atoms with E-state index in [0.29, 0.717) is 6.54 Å². The maximum Gasteiger partial charge on any atom is 0.236 e. The average Bonchev–Trinajstić information content (AvgIpc) is 2.72. The Morgan fingerprint density at radius 1 is 1.67 bits per heavy atom. The SMILES string of the molecule is CCNCC(=O)N1CCc2sccc2C1. The van der Waals surface area contributed by atoms with Crippen LogP contribution in [0.3, 0.4) is 0 Å². The lowest BCUT2D eigenvalue weighted by atomic mass is 10.1. The number of likely N-dealkylation sites (N-methyl/N-ethyl adjacent to an activating group) is 1. The van der Waals surface area contributed by atoms with Crippen LogP contribution < -0.4 is 5.32 Å². The first-order valence-electron chi connectivity index (χ1n) is 5.35. The molecule has 0 saturated heterocycles. The Bertz CT molecular complexity index is 348. The molecule has 1 aromatic heterocycles. The van der Waals surface area contributed by atoms with Gasteiger partial charge in [-0.1, -0.05) is 6.92 Å². The summed E-state index contributed by atoms with van der Waals surface area (Å²) in [4.78, 5) is 15.1. The van der Waals surface area contributed by atoms with E-state index < -0.39 is 0 Å². The van der Waals surface area contributed by atoms with Gasteiger partial charge in [-0.05, 0) is 30.0 Å². The zero-order chi connectivity index (χ0) is 10.7. The minimum atomic E-state index is 0.216. The number of hydrogen-bond acceptors (Lipinski definition) is 3. The van der Waals surface area contributed by atoms with Gasteiger partial charge in [-0.3, -0.25) is 4.79 Å².